The molecular formula is C20H35N3O. The standard InChI is InChI=1S/C20H35N3O/c1-3-4-14-23-19(24)18(15-17-8-6-5-7-9-17)22-16(2)20(23)10-12-21-13-11-20/h17-18,21-22H,2-15H2,1H3. The van der Waals surface area contributed by atoms with E-state index in [0.29, 0.717) is 11.8 Å². The van der Waals surface area contributed by atoms with E-state index in [2.05, 4.69) is 29.0 Å². The van der Waals surface area contributed by atoms with Crippen molar-refractivity contribution in [3.05, 3.63) is 12.3 Å². The first-order valence-electron chi connectivity index (χ1n) is 10.2. The third kappa shape index (κ3) is 3.49. The first-order chi connectivity index (χ1) is 11.7. The second kappa shape index (κ2) is 7.90. The van der Waals surface area contributed by atoms with E-state index in [1.165, 1.54) is 32.1 Å². The van der Waals surface area contributed by atoms with Crippen molar-refractivity contribution in [3.8, 4) is 0 Å². The number of piperidine rings is 1. The van der Waals surface area contributed by atoms with Crippen molar-refractivity contribution < 1.29 is 4.79 Å². The van der Waals surface area contributed by atoms with Crippen LogP contribution in [-0.4, -0.2) is 42.0 Å². The average Bonchev–Trinajstić information content (AvgIpc) is 2.62. The molecule has 0 bridgehead atoms. The number of hydrogen-bond donors (Lipinski definition) is 2. The van der Waals surface area contributed by atoms with Gasteiger partial charge in [-0.25, -0.2) is 0 Å². The smallest absolute Gasteiger partial charge is 0.245 e. The number of nitrogens with one attached hydrogen (secondary N) is 2. The van der Waals surface area contributed by atoms with E-state index in [9.17, 15) is 4.79 Å². The number of rotatable bonds is 5. The van der Waals surface area contributed by atoms with E-state index in [-0.39, 0.29) is 11.6 Å². The van der Waals surface area contributed by atoms with Gasteiger partial charge in [-0.2, -0.15) is 0 Å². The number of unbranched alkanes of at least 4 members (excludes halogenated alkanes) is 1. The molecule has 0 aromatic rings. The minimum Gasteiger partial charge on any atom is -0.376 e. The number of piperazine rings is 1. The number of hydrogen-bond acceptors (Lipinski definition) is 3. The molecule has 0 radical (unpaired) electrons. The molecule has 0 aromatic heterocycles. The number of carbonyl (C=O) groups is 1. The fourth-order valence-electron chi connectivity index (χ4n) is 4.94. The van der Waals surface area contributed by atoms with Gasteiger partial charge in [-0.15, -0.1) is 0 Å². The van der Waals surface area contributed by atoms with Crippen LogP contribution in [-0.2, 0) is 4.79 Å². The molecule has 1 spiro atoms. The van der Waals surface area contributed by atoms with E-state index in [4.69, 9.17) is 0 Å². The van der Waals surface area contributed by atoms with Gasteiger partial charge in [-0.05, 0) is 44.7 Å². The molecule has 1 aliphatic carbocycles. The summed E-state index contributed by atoms with van der Waals surface area (Å²) in [7, 11) is 0. The molecule has 4 heteroatoms. The first kappa shape index (κ1) is 17.8. The van der Waals surface area contributed by atoms with Crippen LogP contribution in [0, 0.1) is 5.92 Å². The van der Waals surface area contributed by atoms with E-state index in [1.807, 2.05) is 0 Å². The molecule has 1 saturated carbocycles. The third-order valence-corrected chi connectivity index (χ3v) is 6.45. The van der Waals surface area contributed by atoms with Crippen molar-refractivity contribution in [2.24, 2.45) is 5.92 Å². The molecule has 0 aromatic carbocycles. The second-order valence-electron chi connectivity index (χ2n) is 8.04. The van der Waals surface area contributed by atoms with Crippen LogP contribution in [0.25, 0.3) is 0 Å². The summed E-state index contributed by atoms with van der Waals surface area (Å²) in [4.78, 5) is 15.5. The average molecular weight is 334 g/mol. The molecule has 2 aliphatic heterocycles. The first-order valence-corrected chi connectivity index (χ1v) is 10.2. The molecule has 2 heterocycles. The minimum absolute atomic E-state index is 0.0435. The predicted octanol–water partition coefficient (Wildman–Crippen LogP) is 3.19. The van der Waals surface area contributed by atoms with Crippen LogP contribution in [0.4, 0.5) is 0 Å². The SMILES string of the molecule is C=C1NC(CC2CCCCC2)C(=O)N(CCCC)C12CCNCC2. The molecule has 3 fully saturated rings. The van der Waals surface area contributed by atoms with Gasteiger partial charge >= 0.3 is 0 Å². The third-order valence-electron chi connectivity index (χ3n) is 6.45. The number of carbonyl (C=O) groups excluding carboxylic acids is 1. The van der Waals surface area contributed by atoms with Gasteiger partial charge in [0.15, 0.2) is 0 Å². The summed E-state index contributed by atoms with van der Waals surface area (Å²) in [5.41, 5.74) is 0.945. The summed E-state index contributed by atoms with van der Waals surface area (Å²) in [6, 6.07) is -0.0435. The van der Waals surface area contributed by atoms with Gasteiger partial charge in [0.25, 0.3) is 0 Å². The molecule has 3 rings (SSSR count). The summed E-state index contributed by atoms with van der Waals surface area (Å²) in [5.74, 6) is 1.05. The van der Waals surface area contributed by atoms with Crippen molar-refractivity contribution in [3.63, 3.8) is 0 Å². The number of amides is 1. The maximum Gasteiger partial charge on any atom is 0.245 e. The molecule has 3 aliphatic rings. The van der Waals surface area contributed by atoms with Gasteiger partial charge in [-0.1, -0.05) is 52.0 Å². The summed E-state index contributed by atoms with van der Waals surface area (Å²) in [6.45, 7) is 9.44. The van der Waals surface area contributed by atoms with Crippen LogP contribution in [0.1, 0.15) is 71.1 Å². The second-order valence-corrected chi connectivity index (χ2v) is 8.04. The van der Waals surface area contributed by atoms with Crippen LogP contribution in [0.5, 0.6) is 0 Å². The zero-order valence-corrected chi connectivity index (χ0v) is 15.4. The van der Waals surface area contributed by atoms with Gasteiger partial charge in [0.2, 0.25) is 5.91 Å². The largest absolute Gasteiger partial charge is 0.376 e. The monoisotopic (exact) mass is 333 g/mol. The lowest BCUT2D eigenvalue weighted by Gasteiger charge is -2.53. The molecule has 24 heavy (non-hydrogen) atoms. The normalized spacial score (nSPS) is 28.2. The van der Waals surface area contributed by atoms with Crippen molar-refractivity contribution in [1.82, 2.24) is 15.5 Å². The predicted molar refractivity (Wildman–Crippen MR) is 98.7 cm³/mol. The highest BCUT2D eigenvalue weighted by Crippen LogP contribution is 2.38. The van der Waals surface area contributed by atoms with Crippen molar-refractivity contribution >= 4 is 5.91 Å². The van der Waals surface area contributed by atoms with Crippen LogP contribution < -0.4 is 10.6 Å². The van der Waals surface area contributed by atoms with Crippen LogP contribution >= 0.6 is 0 Å². The van der Waals surface area contributed by atoms with E-state index < -0.39 is 0 Å². The van der Waals surface area contributed by atoms with Gasteiger partial charge in [-0.3, -0.25) is 4.79 Å². The Hall–Kier alpha value is -1.03. The Morgan fingerprint density at radius 2 is 1.92 bits per heavy atom. The molecule has 2 N–H and O–H groups in total. The van der Waals surface area contributed by atoms with E-state index >= 15 is 0 Å². The molecular weight excluding hydrogens is 298 g/mol. The molecule has 4 nitrogen and oxygen atoms in total. The lowest BCUT2D eigenvalue weighted by molar-refractivity contribution is -0.144. The summed E-state index contributed by atoms with van der Waals surface area (Å²) < 4.78 is 0. The Kier molecular flexibility index (Phi) is 5.85. The van der Waals surface area contributed by atoms with Gasteiger partial charge in [0, 0.05) is 12.2 Å². The molecule has 136 valence electrons. The fraction of sp³-hybridized carbons (Fsp3) is 0.850. The highest BCUT2D eigenvalue weighted by Gasteiger charge is 2.49. The Labute approximate surface area is 147 Å². The Bertz CT molecular complexity index is 450. The quantitative estimate of drug-likeness (QED) is 0.812. The molecule has 2 saturated heterocycles. The maximum absolute atomic E-state index is 13.3. The summed E-state index contributed by atoms with van der Waals surface area (Å²) in [6.07, 6.45) is 11.8. The Balaban J connectivity index is 1.75. The van der Waals surface area contributed by atoms with Crippen molar-refractivity contribution in [2.45, 2.75) is 82.7 Å². The highest BCUT2D eigenvalue weighted by molar-refractivity contribution is 5.85. The maximum atomic E-state index is 13.3. The van der Waals surface area contributed by atoms with E-state index in [0.717, 1.165) is 57.4 Å². The number of nitrogens with zero attached hydrogens (tertiary/aromatic N) is 1. The molecule has 1 unspecified atom stereocenters. The van der Waals surface area contributed by atoms with Crippen LogP contribution in [0.15, 0.2) is 12.3 Å². The summed E-state index contributed by atoms with van der Waals surface area (Å²) >= 11 is 0. The Morgan fingerprint density at radius 3 is 2.58 bits per heavy atom. The van der Waals surface area contributed by atoms with Gasteiger partial charge in [0.05, 0.1) is 5.54 Å². The molecule has 1 atom stereocenters. The lowest BCUT2D eigenvalue weighted by atomic mass is 9.78. The van der Waals surface area contributed by atoms with Crippen molar-refractivity contribution in [1.29, 1.82) is 0 Å². The minimum atomic E-state index is -0.152. The van der Waals surface area contributed by atoms with Crippen LogP contribution in [0.2, 0.25) is 0 Å². The van der Waals surface area contributed by atoms with Gasteiger partial charge in [0.1, 0.15) is 6.04 Å². The van der Waals surface area contributed by atoms with Crippen LogP contribution in [0.3, 0.4) is 0 Å². The zero-order chi connectivity index (χ0) is 17.0. The van der Waals surface area contributed by atoms with Crippen molar-refractivity contribution in [2.75, 3.05) is 19.6 Å². The highest BCUT2D eigenvalue weighted by atomic mass is 16.2. The molecule has 1 amide bonds. The Morgan fingerprint density at radius 1 is 1.21 bits per heavy atom. The summed E-state index contributed by atoms with van der Waals surface area (Å²) in [5, 5.41) is 7.01. The topological polar surface area (TPSA) is 44.4 Å². The zero-order valence-electron chi connectivity index (χ0n) is 15.4. The fourth-order valence-corrected chi connectivity index (χ4v) is 4.94. The van der Waals surface area contributed by atoms with E-state index in [1.54, 1.807) is 0 Å². The van der Waals surface area contributed by atoms with Gasteiger partial charge < -0.3 is 15.5 Å². The lowest BCUT2D eigenvalue weighted by Crippen LogP contribution is -2.68.